The van der Waals surface area contributed by atoms with E-state index in [4.69, 9.17) is 4.74 Å². The SMILES string of the molecule is CN=C(NCC1CCOC1)NCC1(c2ccc(Br)cc2)CCC1.I. The number of nitrogens with zero attached hydrogens (tertiary/aromatic N) is 1. The molecule has 0 bridgehead atoms. The molecule has 1 unspecified atom stereocenters. The third-order valence-electron chi connectivity index (χ3n) is 5.17. The number of hydrogen-bond acceptors (Lipinski definition) is 2. The molecule has 134 valence electrons. The highest BCUT2D eigenvalue weighted by Crippen LogP contribution is 2.43. The molecule has 1 atom stereocenters. The highest BCUT2D eigenvalue weighted by molar-refractivity contribution is 14.0. The number of ether oxygens (including phenoxy) is 1. The number of rotatable bonds is 5. The molecule has 1 heterocycles. The number of hydrogen-bond donors (Lipinski definition) is 2. The van der Waals surface area contributed by atoms with E-state index in [1.807, 2.05) is 7.05 Å². The summed E-state index contributed by atoms with van der Waals surface area (Å²) in [5, 5.41) is 6.98. The molecule has 2 aliphatic rings. The van der Waals surface area contributed by atoms with Crippen molar-refractivity contribution in [2.45, 2.75) is 31.1 Å². The molecule has 2 N–H and O–H groups in total. The number of guanidine groups is 1. The van der Waals surface area contributed by atoms with Gasteiger partial charge in [-0.15, -0.1) is 24.0 Å². The normalized spacial score (nSPS) is 22.4. The molecule has 3 rings (SSSR count). The molecular weight excluding hydrogens is 481 g/mol. The van der Waals surface area contributed by atoms with E-state index >= 15 is 0 Å². The minimum Gasteiger partial charge on any atom is -0.381 e. The molecule has 0 amide bonds. The zero-order valence-corrected chi connectivity index (χ0v) is 18.1. The van der Waals surface area contributed by atoms with Gasteiger partial charge < -0.3 is 15.4 Å². The molecule has 1 aliphatic heterocycles. The van der Waals surface area contributed by atoms with Crippen LogP contribution in [0.2, 0.25) is 0 Å². The highest BCUT2D eigenvalue weighted by Gasteiger charge is 2.38. The zero-order valence-electron chi connectivity index (χ0n) is 14.2. The molecule has 0 spiro atoms. The third-order valence-corrected chi connectivity index (χ3v) is 5.70. The smallest absolute Gasteiger partial charge is 0.191 e. The van der Waals surface area contributed by atoms with Crippen molar-refractivity contribution in [2.24, 2.45) is 10.9 Å². The monoisotopic (exact) mass is 507 g/mol. The Balaban J connectivity index is 0.00000208. The zero-order chi connectivity index (χ0) is 16.1. The highest BCUT2D eigenvalue weighted by atomic mass is 127. The second-order valence-corrected chi connectivity index (χ2v) is 7.59. The standard InChI is InChI=1S/C18H26BrN3O.HI/c1-20-17(21-11-14-7-10-23-12-14)22-13-18(8-2-9-18)15-3-5-16(19)6-4-15;/h3-6,14H,2,7-13H2,1H3,(H2,20,21,22);1H. The fourth-order valence-corrected chi connectivity index (χ4v) is 3.70. The average Bonchev–Trinajstić information content (AvgIpc) is 3.04. The molecule has 0 aromatic heterocycles. The summed E-state index contributed by atoms with van der Waals surface area (Å²) >= 11 is 3.52. The Morgan fingerprint density at radius 3 is 2.58 bits per heavy atom. The van der Waals surface area contributed by atoms with Gasteiger partial charge in [0.05, 0.1) is 6.61 Å². The van der Waals surface area contributed by atoms with Gasteiger partial charge in [-0.1, -0.05) is 34.5 Å². The van der Waals surface area contributed by atoms with Crippen LogP contribution in [0.4, 0.5) is 0 Å². The van der Waals surface area contributed by atoms with E-state index in [0.717, 1.165) is 43.2 Å². The van der Waals surface area contributed by atoms with Gasteiger partial charge in [0.2, 0.25) is 0 Å². The second kappa shape index (κ2) is 9.38. The maximum Gasteiger partial charge on any atom is 0.191 e. The molecule has 1 saturated heterocycles. The predicted octanol–water partition coefficient (Wildman–Crippen LogP) is 3.69. The largest absolute Gasteiger partial charge is 0.381 e. The first-order valence-corrected chi connectivity index (χ1v) is 9.29. The van der Waals surface area contributed by atoms with E-state index in [-0.39, 0.29) is 29.4 Å². The molecule has 24 heavy (non-hydrogen) atoms. The van der Waals surface area contributed by atoms with Crippen LogP contribution in [-0.4, -0.2) is 39.3 Å². The van der Waals surface area contributed by atoms with Crippen molar-refractivity contribution in [3.63, 3.8) is 0 Å². The van der Waals surface area contributed by atoms with E-state index in [2.05, 4.69) is 55.8 Å². The molecule has 0 radical (unpaired) electrons. The van der Waals surface area contributed by atoms with Gasteiger partial charge in [0.1, 0.15) is 0 Å². The molecule has 6 heteroatoms. The van der Waals surface area contributed by atoms with Crippen LogP contribution in [0.15, 0.2) is 33.7 Å². The van der Waals surface area contributed by atoms with Gasteiger partial charge in [0.15, 0.2) is 5.96 Å². The van der Waals surface area contributed by atoms with Crippen LogP contribution in [0.1, 0.15) is 31.2 Å². The van der Waals surface area contributed by atoms with Crippen LogP contribution >= 0.6 is 39.9 Å². The lowest BCUT2D eigenvalue weighted by molar-refractivity contribution is 0.186. The number of nitrogens with one attached hydrogen (secondary N) is 2. The maximum atomic E-state index is 5.43. The van der Waals surface area contributed by atoms with Gasteiger partial charge >= 0.3 is 0 Å². The first kappa shape index (κ1) is 20.0. The quantitative estimate of drug-likeness (QED) is 0.363. The minimum atomic E-state index is 0. The Labute approximate surface area is 170 Å². The average molecular weight is 508 g/mol. The molecule has 1 aromatic rings. The van der Waals surface area contributed by atoms with E-state index in [1.54, 1.807) is 0 Å². The lowest BCUT2D eigenvalue weighted by Crippen LogP contribution is -2.49. The van der Waals surface area contributed by atoms with Crippen molar-refractivity contribution in [2.75, 3.05) is 33.4 Å². The van der Waals surface area contributed by atoms with Crippen LogP contribution in [-0.2, 0) is 10.2 Å². The fraction of sp³-hybridized carbons (Fsp3) is 0.611. The van der Waals surface area contributed by atoms with Crippen LogP contribution in [0.25, 0.3) is 0 Å². The molecule has 1 saturated carbocycles. The summed E-state index contributed by atoms with van der Waals surface area (Å²) in [7, 11) is 1.84. The Morgan fingerprint density at radius 2 is 2.04 bits per heavy atom. The van der Waals surface area contributed by atoms with Crippen molar-refractivity contribution in [1.82, 2.24) is 10.6 Å². The lowest BCUT2D eigenvalue weighted by Gasteiger charge is -2.43. The molecular formula is C18H27BrIN3O. The van der Waals surface area contributed by atoms with E-state index in [1.165, 1.54) is 24.8 Å². The number of halogens is 2. The predicted molar refractivity (Wildman–Crippen MR) is 113 cm³/mol. The molecule has 1 aliphatic carbocycles. The fourth-order valence-electron chi connectivity index (χ4n) is 3.43. The summed E-state index contributed by atoms with van der Waals surface area (Å²) < 4.78 is 6.57. The van der Waals surface area contributed by atoms with Crippen LogP contribution in [0.5, 0.6) is 0 Å². The first-order chi connectivity index (χ1) is 11.2. The summed E-state index contributed by atoms with van der Waals surface area (Å²) in [6.07, 6.45) is 4.94. The van der Waals surface area contributed by atoms with Gasteiger partial charge in [0.25, 0.3) is 0 Å². The van der Waals surface area contributed by atoms with Gasteiger partial charge in [0, 0.05) is 42.5 Å². The Hall–Kier alpha value is -0.340. The summed E-state index contributed by atoms with van der Waals surface area (Å²) in [4.78, 5) is 4.36. The van der Waals surface area contributed by atoms with Gasteiger partial charge in [-0.05, 0) is 37.0 Å². The van der Waals surface area contributed by atoms with Crippen LogP contribution in [0.3, 0.4) is 0 Å². The molecule has 2 fully saturated rings. The Morgan fingerprint density at radius 1 is 1.29 bits per heavy atom. The molecule has 4 nitrogen and oxygen atoms in total. The Kier molecular flexibility index (Phi) is 7.81. The van der Waals surface area contributed by atoms with Gasteiger partial charge in [-0.25, -0.2) is 0 Å². The van der Waals surface area contributed by atoms with Gasteiger partial charge in [-0.3, -0.25) is 4.99 Å². The van der Waals surface area contributed by atoms with E-state index in [9.17, 15) is 0 Å². The summed E-state index contributed by atoms with van der Waals surface area (Å²) in [6, 6.07) is 8.78. The van der Waals surface area contributed by atoms with E-state index < -0.39 is 0 Å². The first-order valence-electron chi connectivity index (χ1n) is 8.50. The van der Waals surface area contributed by atoms with Crippen molar-refractivity contribution >= 4 is 45.9 Å². The molecule has 1 aromatic carbocycles. The van der Waals surface area contributed by atoms with Crippen molar-refractivity contribution in [3.05, 3.63) is 34.3 Å². The van der Waals surface area contributed by atoms with E-state index in [0.29, 0.717) is 5.92 Å². The number of benzene rings is 1. The Bertz CT molecular complexity index is 540. The van der Waals surface area contributed by atoms with Gasteiger partial charge in [-0.2, -0.15) is 0 Å². The van der Waals surface area contributed by atoms with Crippen molar-refractivity contribution in [3.8, 4) is 0 Å². The number of aliphatic imine (C=N–C) groups is 1. The lowest BCUT2D eigenvalue weighted by atomic mass is 9.64. The van der Waals surface area contributed by atoms with Crippen molar-refractivity contribution < 1.29 is 4.74 Å². The summed E-state index contributed by atoms with van der Waals surface area (Å²) in [5.74, 6) is 1.51. The van der Waals surface area contributed by atoms with Crippen LogP contribution in [0, 0.1) is 5.92 Å². The summed E-state index contributed by atoms with van der Waals surface area (Å²) in [6.45, 7) is 3.64. The van der Waals surface area contributed by atoms with Crippen LogP contribution < -0.4 is 10.6 Å². The minimum absolute atomic E-state index is 0. The maximum absolute atomic E-state index is 5.43. The van der Waals surface area contributed by atoms with Crippen molar-refractivity contribution in [1.29, 1.82) is 0 Å². The second-order valence-electron chi connectivity index (χ2n) is 6.68. The summed E-state index contributed by atoms with van der Waals surface area (Å²) in [5.41, 5.74) is 1.69. The topological polar surface area (TPSA) is 45.7 Å². The third kappa shape index (κ3) is 4.85.